The number of sulfone groups is 1. The quantitative estimate of drug-likeness (QED) is 0.556. The molecule has 0 radical (unpaired) electrons. The van der Waals surface area contributed by atoms with Gasteiger partial charge < -0.3 is 10.4 Å². The molecule has 1 atom stereocenters. The lowest BCUT2D eigenvalue weighted by atomic mass is 10.0. The summed E-state index contributed by atoms with van der Waals surface area (Å²) in [6.45, 7) is 0.353. The molecule has 4 nitrogen and oxygen atoms in total. The number of rotatable bonds is 2. The minimum Gasteiger partial charge on any atom is -0.387 e. The maximum absolute atomic E-state index is 10.9. The SMILES string of the molecule is CNCC1(O)CCS(=O)(=O)C1. The Morgan fingerprint density at radius 3 is 2.64 bits per heavy atom. The third-order valence-corrected chi connectivity index (χ3v) is 3.68. The average Bonchev–Trinajstić information content (AvgIpc) is 2.07. The molecule has 66 valence electrons. The van der Waals surface area contributed by atoms with Crippen LogP contribution in [-0.4, -0.2) is 44.2 Å². The van der Waals surface area contributed by atoms with Gasteiger partial charge in [-0.05, 0) is 13.5 Å². The van der Waals surface area contributed by atoms with Gasteiger partial charge in [0, 0.05) is 6.54 Å². The maximum Gasteiger partial charge on any atom is 0.153 e. The molecule has 1 fully saturated rings. The summed E-state index contributed by atoms with van der Waals surface area (Å²) in [5.74, 6) is 0.0199. The van der Waals surface area contributed by atoms with E-state index < -0.39 is 15.4 Å². The van der Waals surface area contributed by atoms with Crippen LogP contribution in [0, 0.1) is 0 Å². The monoisotopic (exact) mass is 179 g/mol. The molecule has 1 heterocycles. The Hall–Kier alpha value is -0.130. The van der Waals surface area contributed by atoms with Crippen molar-refractivity contribution < 1.29 is 13.5 Å². The molecule has 0 amide bonds. The largest absolute Gasteiger partial charge is 0.387 e. The summed E-state index contributed by atoms with van der Waals surface area (Å²) in [5, 5.41) is 12.4. The van der Waals surface area contributed by atoms with Gasteiger partial charge >= 0.3 is 0 Å². The van der Waals surface area contributed by atoms with Crippen molar-refractivity contribution in [1.29, 1.82) is 0 Å². The third kappa shape index (κ3) is 2.15. The third-order valence-electron chi connectivity index (χ3n) is 1.87. The maximum atomic E-state index is 10.9. The lowest BCUT2D eigenvalue weighted by Crippen LogP contribution is -2.40. The molecule has 0 aromatic carbocycles. The van der Waals surface area contributed by atoms with Crippen molar-refractivity contribution in [2.75, 3.05) is 25.1 Å². The van der Waals surface area contributed by atoms with Crippen molar-refractivity contribution in [3.8, 4) is 0 Å². The number of hydrogen-bond donors (Lipinski definition) is 2. The van der Waals surface area contributed by atoms with Crippen LogP contribution in [0.25, 0.3) is 0 Å². The van der Waals surface area contributed by atoms with E-state index in [1.807, 2.05) is 0 Å². The second-order valence-corrected chi connectivity index (χ2v) is 5.28. The molecule has 0 bridgehead atoms. The number of hydrogen-bond acceptors (Lipinski definition) is 4. The van der Waals surface area contributed by atoms with Crippen LogP contribution in [-0.2, 0) is 9.84 Å². The minimum atomic E-state index is -2.97. The summed E-state index contributed by atoms with van der Waals surface area (Å²) in [7, 11) is -1.27. The van der Waals surface area contributed by atoms with Gasteiger partial charge in [-0.25, -0.2) is 8.42 Å². The molecule has 1 unspecified atom stereocenters. The molecule has 1 saturated heterocycles. The van der Waals surface area contributed by atoms with E-state index in [0.29, 0.717) is 13.0 Å². The summed E-state index contributed by atoms with van der Waals surface area (Å²) in [6.07, 6.45) is 0.357. The highest BCUT2D eigenvalue weighted by atomic mass is 32.2. The molecule has 1 aliphatic heterocycles. The Kier molecular flexibility index (Phi) is 2.22. The lowest BCUT2D eigenvalue weighted by molar-refractivity contribution is 0.0695. The zero-order valence-corrected chi connectivity index (χ0v) is 7.32. The fourth-order valence-corrected chi connectivity index (χ4v) is 3.27. The summed E-state index contributed by atoms with van der Waals surface area (Å²) in [6, 6.07) is 0. The van der Waals surface area contributed by atoms with E-state index >= 15 is 0 Å². The van der Waals surface area contributed by atoms with Crippen molar-refractivity contribution in [2.45, 2.75) is 12.0 Å². The standard InChI is InChI=1S/C6H13NO3S/c1-7-4-6(8)2-3-11(9,10)5-6/h7-8H,2-5H2,1H3. The molecule has 5 heteroatoms. The van der Waals surface area contributed by atoms with Crippen LogP contribution in [0.1, 0.15) is 6.42 Å². The van der Waals surface area contributed by atoms with Crippen molar-refractivity contribution >= 4 is 9.84 Å². The normalized spacial score (nSPS) is 35.8. The van der Waals surface area contributed by atoms with E-state index in [2.05, 4.69) is 5.32 Å². The second-order valence-electron chi connectivity index (χ2n) is 3.10. The van der Waals surface area contributed by atoms with Crippen molar-refractivity contribution in [3.05, 3.63) is 0 Å². The Morgan fingerprint density at radius 2 is 2.27 bits per heavy atom. The van der Waals surface area contributed by atoms with E-state index in [4.69, 9.17) is 0 Å². The number of aliphatic hydroxyl groups is 1. The molecule has 11 heavy (non-hydrogen) atoms. The van der Waals surface area contributed by atoms with Gasteiger partial charge in [0.15, 0.2) is 9.84 Å². The van der Waals surface area contributed by atoms with Crippen LogP contribution in [0.15, 0.2) is 0 Å². The topological polar surface area (TPSA) is 66.4 Å². The molecule has 0 aliphatic carbocycles. The van der Waals surface area contributed by atoms with Gasteiger partial charge in [0.2, 0.25) is 0 Å². The van der Waals surface area contributed by atoms with Gasteiger partial charge in [0.1, 0.15) is 0 Å². The first-order valence-electron chi connectivity index (χ1n) is 3.55. The molecule has 2 N–H and O–H groups in total. The Bertz CT molecular complexity index is 236. The van der Waals surface area contributed by atoms with Gasteiger partial charge in [0.25, 0.3) is 0 Å². The van der Waals surface area contributed by atoms with E-state index in [-0.39, 0.29) is 11.5 Å². The highest BCUT2D eigenvalue weighted by Crippen LogP contribution is 2.21. The predicted molar refractivity (Wildman–Crippen MR) is 42.1 cm³/mol. The Balaban J connectivity index is 2.65. The molecular formula is C6H13NO3S. The van der Waals surface area contributed by atoms with Gasteiger partial charge in [-0.1, -0.05) is 0 Å². The van der Waals surface area contributed by atoms with Crippen LogP contribution in [0.5, 0.6) is 0 Å². The zero-order chi connectivity index (χ0) is 8.54. The molecule has 0 aromatic rings. The van der Waals surface area contributed by atoms with Crippen LogP contribution < -0.4 is 5.32 Å². The molecule has 0 spiro atoms. The van der Waals surface area contributed by atoms with Crippen LogP contribution in [0.3, 0.4) is 0 Å². The predicted octanol–water partition coefficient (Wildman–Crippen LogP) is -1.24. The van der Waals surface area contributed by atoms with E-state index in [9.17, 15) is 13.5 Å². The van der Waals surface area contributed by atoms with Crippen LogP contribution in [0.2, 0.25) is 0 Å². The Labute approximate surface area is 66.5 Å². The minimum absolute atomic E-state index is 0.0964. The highest BCUT2D eigenvalue weighted by molar-refractivity contribution is 7.91. The first-order valence-corrected chi connectivity index (χ1v) is 5.37. The van der Waals surface area contributed by atoms with Crippen molar-refractivity contribution in [2.24, 2.45) is 0 Å². The second kappa shape index (κ2) is 2.73. The van der Waals surface area contributed by atoms with E-state index in [0.717, 1.165) is 0 Å². The summed E-state index contributed by atoms with van der Waals surface area (Å²) >= 11 is 0. The van der Waals surface area contributed by atoms with Gasteiger partial charge in [-0.15, -0.1) is 0 Å². The number of likely N-dealkylation sites (N-methyl/N-ethyl adjacent to an activating group) is 1. The van der Waals surface area contributed by atoms with Crippen molar-refractivity contribution in [3.63, 3.8) is 0 Å². The lowest BCUT2D eigenvalue weighted by Gasteiger charge is -2.19. The summed E-state index contributed by atoms with van der Waals surface area (Å²) in [4.78, 5) is 0. The van der Waals surface area contributed by atoms with Gasteiger partial charge in [-0.2, -0.15) is 0 Å². The molecule has 1 rings (SSSR count). The Morgan fingerprint density at radius 1 is 1.64 bits per heavy atom. The van der Waals surface area contributed by atoms with Crippen LogP contribution >= 0.6 is 0 Å². The molecule has 0 saturated carbocycles. The smallest absolute Gasteiger partial charge is 0.153 e. The fourth-order valence-electron chi connectivity index (χ4n) is 1.37. The van der Waals surface area contributed by atoms with Crippen LogP contribution in [0.4, 0.5) is 0 Å². The van der Waals surface area contributed by atoms with Crippen molar-refractivity contribution in [1.82, 2.24) is 5.32 Å². The average molecular weight is 179 g/mol. The fraction of sp³-hybridized carbons (Fsp3) is 1.00. The first kappa shape index (κ1) is 8.96. The first-order chi connectivity index (χ1) is 4.97. The summed E-state index contributed by atoms with van der Waals surface area (Å²) in [5.41, 5.74) is -1.02. The summed E-state index contributed by atoms with van der Waals surface area (Å²) < 4.78 is 21.9. The zero-order valence-electron chi connectivity index (χ0n) is 6.50. The van der Waals surface area contributed by atoms with E-state index in [1.165, 1.54) is 0 Å². The molecular weight excluding hydrogens is 166 g/mol. The van der Waals surface area contributed by atoms with Gasteiger partial charge in [-0.3, -0.25) is 0 Å². The number of nitrogens with one attached hydrogen (secondary N) is 1. The molecule has 0 aromatic heterocycles. The van der Waals surface area contributed by atoms with E-state index in [1.54, 1.807) is 7.05 Å². The molecule has 1 aliphatic rings. The highest BCUT2D eigenvalue weighted by Gasteiger charge is 2.39. The van der Waals surface area contributed by atoms with Gasteiger partial charge in [0.05, 0.1) is 17.1 Å².